The zero-order chi connectivity index (χ0) is 11.1. The van der Waals surface area contributed by atoms with Gasteiger partial charge in [-0.05, 0) is 35.8 Å². The van der Waals surface area contributed by atoms with Gasteiger partial charge in [0.2, 0.25) is 0 Å². The number of nitrogens with zero attached hydrogens (tertiary/aromatic N) is 2. The third-order valence-electron chi connectivity index (χ3n) is 2.22. The normalized spacial score (nSPS) is 20.4. The molecule has 0 saturated carbocycles. The molecule has 0 aliphatic carbocycles. The largest absolute Gasteiger partial charge is 0.476 e. The number of aromatic nitrogens is 1. The summed E-state index contributed by atoms with van der Waals surface area (Å²) in [6.07, 6.45) is 1.72. The lowest BCUT2D eigenvalue weighted by molar-refractivity contribution is 0.177. The van der Waals surface area contributed by atoms with Crippen molar-refractivity contribution >= 4 is 27.6 Å². The van der Waals surface area contributed by atoms with Crippen LogP contribution in [-0.2, 0) is 0 Å². The number of pyridine rings is 1. The second-order valence-corrected chi connectivity index (χ2v) is 4.73. The fraction of sp³-hybridized carbons (Fsp3) is 0.400. The minimum absolute atomic E-state index is 0.440. The van der Waals surface area contributed by atoms with Gasteiger partial charge in [-0.15, -0.1) is 0 Å². The molecule has 5 heteroatoms. The standard InChI is InChI=1S/C10H12BrN3O/c1-10(2)9(12-3)14-8-7(15-10)4-6(11)5-13-8/h4-5H,1-3H3,(H,12,13,14). The van der Waals surface area contributed by atoms with Crippen molar-refractivity contribution in [2.24, 2.45) is 4.99 Å². The van der Waals surface area contributed by atoms with Crippen LogP contribution in [0, 0.1) is 0 Å². The van der Waals surface area contributed by atoms with Crippen molar-refractivity contribution in [3.63, 3.8) is 0 Å². The maximum Gasteiger partial charge on any atom is 0.174 e. The minimum atomic E-state index is -0.440. The summed E-state index contributed by atoms with van der Waals surface area (Å²) in [5, 5.41) is 3.16. The van der Waals surface area contributed by atoms with Crippen LogP contribution in [0.5, 0.6) is 5.75 Å². The summed E-state index contributed by atoms with van der Waals surface area (Å²) in [5.41, 5.74) is -0.440. The van der Waals surface area contributed by atoms with Gasteiger partial charge in [0.05, 0.1) is 0 Å². The Bertz CT molecular complexity index is 429. The fourth-order valence-electron chi connectivity index (χ4n) is 1.50. The Kier molecular flexibility index (Phi) is 2.42. The topological polar surface area (TPSA) is 46.5 Å². The van der Waals surface area contributed by atoms with Gasteiger partial charge in [-0.1, -0.05) is 0 Å². The van der Waals surface area contributed by atoms with E-state index in [2.05, 4.69) is 31.2 Å². The van der Waals surface area contributed by atoms with E-state index in [1.54, 1.807) is 13.2 Å². The molecule has 80 valence electrons. The van der Waals surface area contributed by atoms with Gasteiger partial charge in [0.15, 0.2) is 17.2 Å². The average molecular weight is 270 g/mol. The van der Waals surface area contributed by atoms with Crippen LogP contribution in [0.3, 0.4) is 0 Å². The predicted octanol–water partition coefficient (Wildman–Crippen LogP) is 2.46. The first-order chi connectivity index (χ1) is 7.03. The smallest absolute Gasteiger partial charge is 0.174 e. The molecule has 2 heterocycles. The number of halogens is 1. The van der Waals surface area contributed by atoms with Crippen LogP contribution in [0.4, 0.5) is 5.82 Å². The molecule has 0 saturated heterocycles. The van der Waals surface area contributed by atoms with Gasteiger partial charge in [0, 0.05) is 17.7 Å². The molecule has 0 spiro atoms. The highest BCUT2D eigenvalue weighted by molar-refractivity contribution is 9.10. The molecule has 0 amide bonds. The van der Waals surface area contributed by atoms with E-state index in [0.717, 1.165) is 16.1 Å². The number of anilines is 1. The molecule has 1 aromatic heterocycles. The first-order valence-corrected chi connectivity index (χ1v) is 5.41. The number of ether oxygens (including phenoxy) is 1. The Labute approximate surface area is 96.9 Å². The number of amidine groups is 1. The number of aliphatic imine (C=N–C) groups is 1. The van der Waals surface area contributed by atoms with Gasteiger partial charge < -0.3 is 10.1 Å². The van der Waals surface area contributed by atoms with Gasteiger partial charge in [-0.3, -0.25) is 4.99 Å². The summed E-state index contributed by atoms with van der Waals surface area (Å²) in [4.78, 5) is 8.37. The number of fused-ring (bicyclic) bond motifs is 1. The zero-order valence-corrected chi connectivity index (χ0v) is 10.4. The SMILES string of the molecule is C/N=C1/Nc2ncc(Br)cc2OC1(C)C. The Morgan fingerprint density at radius 1 is 1.53 bits per heavy atom. The monoisotopic (exact) mass is 269 g/mol. The highest BCUT2D eigenvalue weighted by Crippen LogP contribution is 2.33. The maximum absolute atomic E-state index is 5.82. The van der Waals surface area contributed by atoms with Crippen molar-refractivity contribution in [1.82, 2.24) is 4.98 Å². The van der Waals surface area contributed by atoms with Crippen molar-refractivity contribution in [3.8, 4) is 5.75 Å². The van der Waals surface area contributed by atoms with Gasteiger partial charge in [0.25, 0.3) is 0 Å². The molecule has 0 unspecified atom stereocenters. The molecule has 0 aromatic carbocycles. The lowest BCUT2D eigenvalue weighted by atomic mass is 10.1. The van der Waals surface area contributed by atoms with Crippen molar-refractivity contribution in [1.29, 1.82) is 0 Å². The lowest BCUT2D eigenvalue weighted by Gasteiger charge is -2.33. The number of nitrogens with one attached hydrogen (secondary N) is 1. The van der Waals surface area contributed by atoms with E-state index in [-0.39, 0.29) is 0 Å². The van der Waals surface area contributed by atoms with Crippen molar-refractivity contribution in [2.45, 2.75) is 19.4 Å². The molecule has 1 aliphatic heterocycles. The second kappa shape index (κ2) is 3.48. The second-order valence-electron chi connectivity index (χ2n) is 3.81. The number of hydrogen-bond donors (Lipinski definition) is 1. The van der Waals surface area contributed by atoms with E-state index in [1.807, 2.05) is 19.9 Å². The van der Waals surface area contributed by atoms with Gasteiger partial charge >= 0.3 is 0 Å². The van der Waals surface area contributed by atoms with E-state index >= 15 is 0 Å². The summed E-state index contributed by atoms with van der Waals surface area (Å²) >= 11 is 3.36. The van der Waals surface area contributed by atoms with E-state index < -0.39 is 5.60 Å². The van der Waals surface area contributed by atoms with Crippen LogP contribution in [-0.4, -0.2) is 23.5 Å². The molecule has 0 fully saturated rings. The molecule has 0 atom stereocenters. The first-order valence-electron chi connectivity index (χ1n) is 4.62. The summed E-state index contributed by atoms with van der Waals surface area (Å²) < 4.78 is 6.72. The average Bonchev–Trinajstić information content (AvgIpc) is 2.15. The van der Waals surface area contributed by atoms with Gasteiger partial charge in [-0.25, -0.2) is 4.98 Å². The number of hydrogen-bond acceptors (Lipinski definition) is 3. The van der Waals surface area contributed by atoms with Crippen LogP contribution in [0.25, 0.3) is 0 Å². The third kappa shape index (κ3) is 1.84. The molecule has 15 heavy (non-hydrogen) atoms. The van der Waals surface area contributed by atoms with E-state index in [1.165, 1.54) is 0 Å². The molecule has 4 nitrogen and oxygen atoms in total. The van der Waals surface area contributed by atoms with Crippen LogP contribution in [0.15, 0.2) is 21.7 Å². The van der Waals surface area contributed by atoms with E-state index in [9.17, 15) is 0 Å². The Hall–Kier alpha value is -1.10. The molecule has 2 rings (SSSR count). The lowest BCUT2D eigenvalue weighted by Crippen LogP contribution is -2.46. The summed E-state index contributed by atoms with van der Waals surface area (Å²) in [6.45, 7) is 3.93. The molecular formula is C10H12BrN3O. The molecule has 1 N–H and O–H groups in total. The Morgan fingerprint density at radius 2 is 2.27 bits per heavy atom. The van der Waals surface area contributed by atoms with E-state index in [4.69, 9.17) is 4.74 Å². The molecule has 0 bridgehead atoms. The Morgan fingerprint density at radius 3 is 2.93 bits per heavy atom. The van der Waals surface area contributed by atoms with Gasteiger partial charge in [-0.2, -0.15) is 0 Å². The van der Waals surface area contributed by atoms with Crippen molar-refractivity contribution in [3.05, 3.63) is 16.7 Å². The summed E-state index contributed by atoms with van der Waals surface area (Å²) in [6, 6.07) is 1.89. The van der Waals surface area contributed by atoms with Crippen molar-refractivity contribution in [2.75, 3.05) is 12.4 Å². The first kappa shape index (κ1) is 10.4. The maximum atomic E-state index is 5.82. The zero-order valence-electron chi connectivity index (χ0n) is 8.84. The molecule has 1 aromatic rings. The van der Waals surface area contributed by atoms with Crippen LogP contribution in [0.2, 0.25) is 0 Å². The summed E-state index contributed by atoms with van der Waals surface area (Å²) in [7, 11) is 1.73. The predicted molar refractivity (Wildman–Crippen MR) is 63.6 cm³/mol. The molecular weight excluding hydrogens is 258 g/mol. The third-order valence-corrected chi connectivity index (χ3v) is 2.65. The summed E-state index contributed by atoms with van der Waals surface area (Å²) in [5.74, 6) is 2.23. The van der Waals surface area contributed by atoms with Gasteiger partial charge in [0.1, 0.15) is 5.84 Å². The fourth-order valence-corrected chi connectivity index (χ4v) is 1.81. The molecule has 0 radical (unpaired) electrons. The quantitative estimate of drug-likeness (QED) is 0.787. The highest BCUT2D eigenvalue weighted by atomic mass is 79.9. The number of rotatable bonds is 0. The molecule has 1 aliphatic rings. The van der Waals surface area contributed by atoms with Crippen molar-refractivity contribution < 1.29 is 4.74 Å². The van der Waals surface area contributed by atoms with Crippen LogP contribution >= 0.6 is 15.9 Å². The highest BCUT2D eigenvalue weighted by Gasteiger charge is 2.33. The van der Waals surface area contributed by atoms with Crippen LogP contribution < -0.4 is 10.1 Å². The minimum Gasteiger partial charge on any atom is -0.476 e. The Balaban J connectivity index is 2.47. The van der Waals surface area contributed by atoms with Crippen LogP contribution in [0.1, 0.15) is 13.8 Å². The van der Waals surface area contributed by atoms with E-state index in [0.29, 0.717) is 5.82 Å².